The highest BCUT2D eigenvalue weighted by Gasteiger charge is 2.08. The number of rotatable bonds is 6. The van der Waals surface area contributed by atoms with Gasteiger partial charge in [0.15, 0.2) is 0 Å². The molecule has 0 atom stereocenters. The van der Waals surface area contributed by atoms with E-state index in [-0.39, 0.29) is 0 Å². The Hall–Kier alpha value is -1.52. The van der Waals surface area contributed by atoms with Crippen molar-refractivity contribution in [3.05, 3.63) is 40.7 Å². The van der Waals surface area contributed by atoms with Crippen molar-refractivity contribution in [3.63, 3.8) is 0 Å². The highest BCUT2D eigenvalue weighted by atomic mass is 35.5. The van der Waals surface area contributed by atoms with E-state index in [1.165, 1.54) is 0 Å². The Labute approximate surface area is 124 Å². The number of methoxy groups -OCH3 is 1. The molecule has 108 valence electrons. The monoisotopic (exact) mass is 293 g/mol. The molecule has 0 aliphatic rings. The number of benzene rings is 1. The number of aromatic nitrogens is 2. The minimum atomic E-state index is 0.743. The lowest BCUT2D eigenvalue weighted by Gasteiger charge is -2.12. The molecular weight excluding hydrogens is 274 g/mol. The number of nitrogens with zero attached hydrogens (tertiary/aromatic N) is 2. The molecule has 4 nitrogen and oxygen atoms in total. The summed E-state index contributed by atoms with van der Waals surface area (Å²) in [4.78, 5) is 4.52. The van der Waals surface area contributed by atoms with Gasteiger partial charge in [-0.15, -0.1) is 0 Å². The fraction of sp³-hybridized carbons (Fsp3) is 0.400. The van der Waals surface area contributed by atoms with Crippen molar-refractivity contribution in [3.8, 4) is 0 Å². The van der Waals surface area contributed by atoms with Gasteiger partial charge >= 0.3 is 0 Å². The zero-order valence-corrected chi connectivity index (χ0v) is 12.9. The van der Waals surface area contributed by atoms with E-state index in [4.69, 9.17) is 16.3 Å². The molecule has 0 unspecified atom stereocenters. The molecule has 0 spiro atoms. The molecule has 0 fully saturated rings. The van der Waals surface area contributed by atoms with E-state index in [0.717, 1.165) is 47.5 Å². The number of hydrogen-bond acceptors (Lipinski definition) is 3. The van der Waals surface area contributed by atoms with Crippen LogP contribution in [-0.4, -0.2) is 23.3 Å². The number of imidazole rings is 1. The number of ether oxygens (including phenoxy) is 1. The molecule has 20 heavy (non-hydrogen) atoms. The predicted molar refractivity (Wildman–Crippen MR) is 82.9 cm³/mol. The Balaban J connectivity index is 2.18. The number of halogens is 1. The largest absolute Gasteiger partial charge is 0.385 e. The fourth-order valence-corrected chi connectivity index (χ4v) is 2.23. The van der Waals surface area contributed by atoms with Crippen LogP contribution in [0.1, 0.15) is 17.7 Å². The molecule has 0 radical (unpaired) electrons. The van der Waals surface area contributed by atoms with Crippen molar-refractivity contribution < 1.29 is 4.74 Å². The molecule has 2 aromatic rings. The Bertz CT molecular complexity index is 580. The number of hydrogen-bond donors (Lipinski definition) is 1. The lowest BCUT2D eigenvalue weighted by molar-refractivity contribution is 0.190. The SMILES string of the molecule is COCCCn1cc(C)nc1Nc1cccc(Cl)c1C. The third-order valence-corrected chi connectivity index (χ3v) is 3.57. The molecule has 0 aliphatic carbocycles. The molecule has 0 amide bonds. The second-order valence-electron chi connectivity index (χ2n) is 4.78. The third kappa shape index (κ3) is 3.52. The topological polar surface area (TPSA) is 39.1 Å². The number of anilines is 2. The van der Waals surface area contributed by atoms with Crippen molar-refractivity contribution in [1.82, 2.24) is 9.55 Å². The zero-order chi connectivity index (χ0) is 14.5. The highest BCUT2D eigenvalue weighted by Crippen LogP contribution is 2.26. The third-order valence-electron chi connectivity index (χ3n) is 3.16. The van der Waals surface area contributed by atoms with Crippen molar-refractivity contribution >= 4 is 23.2 Å². The first-order valence-corrected chi connectivity index (χ1v) is 7.04. The van der Waals surface area contributed by atoms with Crippen molar-refractivity contribution in [1.29, 1.82) is 0 Å². The van der Waals surface area contributed by atoms with Gasteiger partial charge in [0.2, 0.25) is 5.95 Å². The van der Waals surface area contributed by atoms with E-state index < -0.39 is 0 Å². The zero-order valence-electron chi connectivity index (χ0n) is 12.1. The number of nitrogens with one attached hydrogen (secondary N) is 1. The predicted octanol–water partition coefficient (Wildman–Crippen LogP) is 3.93. The van der Waals surface area contributed by atoms with Crippen LogP contribution in [0, 0.1) is 13.8 Å². The van der Waals surface area contributed by atoms with E-state index in [9.17, 15) is 0 Å². The number of aryl methyl sites for hydroxylation is 2. The summed E-state index contributed by atoms with van der Waals surface area (Å²) in [6.45, 7) is 5.60. The van der Waals surface area contributed by atoms with Gasteiger partial charge in [0.25, 0.3) is 0 Å². The molecule has 5 heteroatoms. The Morgan fingerprint density at radius 1 is 1.35 bits per heavy atom. The fourth-order valence-electron chi connectivity index (χ4n) is 2.06. The van der Waals surface area contributed by atoms with Crippen molar-refractivity contribution in [2.45, 2.75) is 26.8 Å². The standard InChI is InChI=1S/C15H20ClN3O/c1-11-10-19(8-5-9-20-3)15(17-11)18-14-7-4-6-13(16)12(14)2/h4,6-7,10H,5,8-9H2,1-3H3,(H,17,18). The maximum Gasteiger partial charge on any atom is 0.207 e. The Kier molecular flexibility index (Phi) is 5.04. The molecule has 0 saturated heterocycles. The quantitative estimate of drug-likeness (QED) is 0.820. The summed E-state index contributed by atoms with van der Waals surface area (Å²) in [6, 6.07) is 5.83. The maximum atomic E-state index is 6.14. The van der Waals surface area contributed by atoms with Gasteiger partial charge in [-0.05, 0) is 38.0 Å². The molecule has 1 aromatic heterocycles. The van der Waals surface area contributed by atoms with Gasteiger partial charge < -0.3 is 14.6 Å². The minimum absolute atomic E-state index is 0.743. The second kappa shape index (κ2) is 6.77. The van der Waals surface area contributed by atoms with Crippen molar-refractivity contribution in [2.24, 2.45) is 0 Å². The highest BCUT2D eigenvalue weighted by molar-refractivity contribution is 6.31. The molecule has 0 saturated carbocycles. The van der Waals surface area contributed by atoms with Crippen LogP contribution in [0.5, 0.6) is 0 Å². The molecule has 1 N–H and O–H groups in total. The first-order chi connectivity index (χ1) is 9.61. The molecular formula is C15H20ClN3O. The van der Waals surface area contributed by atoms with E-state index in [1.54, 1.807) is 7.11 Å². The lowest BCUT2D eigenvalue weighted by Crippen LogP contribution is -2.06. The lowest BCUT2D eigenvalue weighted by atomic mass is 10.2. The van der Waals surface area contributed by atoms with Crippen LogP contribution in [0.2, 0.25) is 5.02 Å². The summed E-state index contributed by atoms with van der Waals surface area (Å²) in [5, 5.41) is 4.11. The van der Waals surface area contributed by atoms with Crippen LogP contribution >= 0.6 is 11.6 Å². The average molecular weight is 294 g/mol. The van der Waals surface area contributed by atoms with E-state index in [2.05, 4.69) is 14.9 Å². The maximum absolute atomic E-state index is 6.14. The summed E-state index contributed by atoms with van der Waals surface area (Å²) in [5.41, 5.74) is 3.00. The van der Waals surface area contributed by atoms with E-state index >= 15 is 0 Å². The van der Waals surface area contributed by atoms with Crippen LogP contribution in [0.25, 0.3) is 0 Å². The summed E-state index contributed by atoms with van der Waals surface area (Å²) >= 11 is 6.14. The first-order valence-electron chi connectivity index (χ1n) is 6.66. The van der Waals surface area contributed by atoms with Gasteiger partial charge in [0, 0.05) is 37.2 Å². The first kappa shape index (κ1) is 14.9. The molecule has 1 aromatic carbocycles. The molecule has 1 heterocycles. The smallest absolute Gasteiger partial charge is 0.207 e. The van der Waals surface area contributed by atoms with Crippen LogP contribution in [0.4, 0.5) is 11.6 Å². The van der Waals surface area contributed by atoms with Gasteiger partial charge in [-0.2, -0.15) is 0 Å². The van der Waals surface area contributed by atoms with Crippen LogP contribution < -0.4 is 5.32 Å². The van der Waals surface area contributed by atoms with Gasteiger partial charge in [0.05, 0.1) is 5.69 Å². The van der Waals surface area contributed by atoms with Crippen LogP contribution in [0.15, 0.2) is 24.4 Å². The average Bonchev–Trinajstić information content (AvgIpc) is 2.76. The van der Waals surface area contributed by atoms with Crippen molar-refractivity contribution in [2.75, 3.05) is 19.0 Å². The van der Waals surface area contributed by atoms with E-state index in [1.807, 2.05) is 38.2 Å². The Morgan fingerprint density at radius 3 is 2.90 bits per heavy atom. The van der Waals surface area contributed by atoms with Gasteiger partial charge in [-0.25, -0.2) is 4.98 Å². The molecule has 2 rings (SSSR count). The van der Waals surface area contributed by atoms with Gasteiger partial charge in [-0.1, -0.05) is 17.7 Å². The molecule has 0 aliphatic heterocycles. The van der Waals surface area contributed by atoms with Gasteiger partial charge in [-0.3, -0.25) is 0 Å². The van der Waals surface area contributed by atoms with Crippen LogP contribution in [-0.2, 0) is 11.3 Å². The summed E-state index contributed by atoms with van der Waals surface area (Å²) in [5.74, 6) is 0.837. The summed E-state index contributed by atoms with van der Waals surface area (Å²) < 4.78 is 7.20. The summed E-state index contributed by atoms with van der Waals surface area (Å²) in [6.07, 6.45) is 2.99. The second-order valence-corrected chi connectivity index (χ2v) is 5.19. The normalized spacial score (nSPS) is 10.8. The molecule has 0 bridgehead atoms. The Morgan fingerprint density at radius 2 is 2.15 bits per heavy atom. The van der Waals surface area contributed by atoms with Gasteiger partial charge in [0.1, 0.15) is 0 Å². The van der Waals surface area contributed by atoms with Crippen LogP contribution in [0.3, 0.4) is 0 Å². The summed E-state index contributed by atoms with van der Waals surface area (Å²) in [7, 11) is 1.72. The van der Waals surface area contributed by atoms with E-state index in [0.29, 0.717) is 0 Å². The minimum Gasteiger partial charge on any atom is -0.385 e.